The minimum atomic E-state index is -2.35. The molecular formula is C22H25NO7. The Bertz CT molecular complexity index is 923. The molecule has 8 heteroatoms. The van der Waals surface area contributed by atoms with E-state index >= 15 is 0 Å². The number of benzene rings is 1. The number of aliphatic hydroxyl groups excluding tert-OH is 2. The van der Waals surface area contributed by atoms with Crippen LogP contribution >= 0.6 is 0 Å². The number of Topliss-reactive ketones (excluding diaryl/α,β-unsaturated/α-hetero) is 2. The van der Waals surface area contributed by atoms with Gasteiger partial charge in [0.1, 0.15) is 5.76 Å². The Morgan fingerprint density at radius 3 is 2.60 bits per heavy atom. The summed E-state index contributed by atoms with van der Waals surface area (Å²) >= 11 is 0. The molecule has 2 aliphatic heterocycles. The van der Waals surface area contributed by atoms with Gasteiger partial charge in [-0.25, -0.2) is 0 Å². The van der Waals surface area contributed by atoms with E-state index in [4.69, 9.17) is 9.47 Å². The maximum absolute atomic E-state index is 13.1. The Hall–Kier alpha value is -2.81. The number of aliphatic hydroxyl groups is 2. The maximum Gasteiger partial charge on any atom is 0.278 e. The number of methoxy groups -OCH3 is 1. The molecule has 1 amide bonds. The zero-order valence-corrected chi connectivity index (χ0v) is 17.0. The van der Waals surface area contributed by atoms with Crippen LogP contribution in [0, 0.1) is 0 Å². The van der Waals surface area contributed by atoms with Crippen molar-refractivity contribution in [3.63, 3.8) is 0 Å². The zero-order valence-electron chi connectivity index (χ0n) is 17.0. The zero-order chi connectivity index (χ0) is 22.1. The van der Waals surface area contributed by atoms with Crippen molar-refractivity contribution in [1.82, 2.24) is 5.32 Å². The summed E-state index contributed by atoms with van der Waals surface area (Å²) in [6.07, 6.45) is 1.11. The second kappa shape index (κ2) is 8.14. The molecule has 0 aliphatic carbocycles. The Labute approximate surface area is 174 Å². The number of hydrogen-bond donors (Lipinski definition) is 3. The molecule has 2 heterocycles. The van der Waals surface area contributed by atoms with E-state index in [2.05, 4.69) is 5.32 Å². The number of nitrogens with one attached hydrogen (secondary N) is 1. The van der Waals surface area contributed by atoms with Crippen LogP contribution in [0.3, 0.4) is 0 Å². The van der Waals surface area contributed by atoms with E-state index in [-0.39, 0.29) is 23.3 Å². The summed E-state index contributed by atoms with van der Waals surface area (Å²) < 4.78 is 11.0. The van der Waals surface area contributed by atoms with Gasteiger partial charge in [0.25, 0.3) is 11.5 Å². The number of ether oxygens (including phenoxy) is 2. The van der Waals surface area contributed by atoms with Gasteiger partial charge in [0.05, 0.1) is 6.10 Å². The molecule has 1 fully saturated rings. The average molecular weight is 415 g/mol. The van der Waals surface area contributed by atoms with E-state index in [0.717, 1.165) is 13.5 Å². The van der Waals surface area contributed by atoms with Crippen LogP contribution < -0.4 is 5.32 Å². The summed E-state index contributed by atoms with van der Waals surface area (Å²) in [5.74, 6) is -2.37. The van der Waals surface area contributed by atoms with E-state index in [1.165, 1.54) is 19.1 Å². The van der Waals surface area contributed by atoms with Gasteiger partial charge in [-0.05, 0) is 13.3 Å². The van der Waals surface area contributed by atoms with Crippen LogP contribution in [0.5, 0.6) is 0 Å². The van der Waals surface area contributed by atoms with E-state index in [1.54, 1.807) is 30.4 Å². The minimum absolute atomic E-state index is 0.0531. The molecule has 2 aliphatic rings. The van der Waals surface area contributed by atoms with Gasteiger partial charge in [0.15, 0.2) is 6.10 Å². The number of hydrogen-bond acceptors (Lipinski definition) is 7. The third-order valence-electron chi connectivity index (χ3n) is 5.47. The summed E-state index contributed by atoms with van der Waals surface area (Å²) in [7, 11) is 1.16. The average Bonchev–Trinajstić information content (AvgIpc) is 3.13. The van der Waals surface area contributed by atoms with Gasteiger partial charge in [-0.2, -0.15) is 0 Å². The molecule has 1 aromatic rings. The Balaban J connectivity index is 1.95. The van der Waals surface area contributed by atoms with Gasteiger partial charge in [-0.3, -0.25) is 14.4 Å². The van der Waals surface area contributed by atoms with Crippen LogP contribution in [-0.2, 0) is 19.1 Å². The third kappa shape index (κ3) is 3.17. The highest BCUT2D eigenvalue weighted by molar-refractivity contribution is 6.23. The molecule has 160 valence electrons. The van der Waals surface area contributed by atoms with Crippen molar-refractivity contribution in [2.24, 2.45) is 0 Å². The van der Waals surface area contributed by atoms with Crippen LogP contribution in [0.1, 0.15) is 37.0 Å². The second-order valence-corrected chi connectivity index (χ2v) is 7.31. The SMILES string of the molecule is CC/C=C\[C@H](O)CC1=C(C)C(=O)[C@]2(O1)C(=O)N[C@@](OC)(C(=O)c1ccccc1)[C@@H]2O. The Morgan fingerprint density at radius 2 is 2.00 bits per heavy atom. The first-order valence-electron chi connectivity index (χ1n) is 9.68. The quantitative estimate of drug-likeness (QED) is 0.345. The molecule has 3 N–H and O–H groups in total. The second-order valence-electron chi connectivity index (χ2n) is 7.31. The van der Waals surface area contributed by atoms with Crippen LogP contribution in [0.2, 0.25) is 0 Å². The molecule has 3 rings (SSSR count). The lowest BCUT2D eigenvalue weighted by Gasteiger charge is -2.32. The predicted molar refractivity (Wildman–Crippen MR) is 106 cm³/mol. The van der Waals surface area contributed by atoms with Gasteiger partial charge >= 0.3 is 0 Å². The molecule has 8 nitrogen and oxygen atoms in total. The highest BCUT2D eigenvalue weighted by Gasteiger charge is 2.73. The van der Waals surface area contributed by atoms with Crippen LogP contribution in [0.25, 0.3) is 0 Å². The first-order chi connectivity index (χ1) is 14.2. The van der Waals surface area contributed by atoms with E-state index < -0.39 is 41.0 Å². The molecule has 1 saturated heterocycles. The first-order valence-corrected chi connectivity index (χ1v) is 9.68. The predicted octanol–water partition coefficient (Wildman–Crippen LogP) is 1.03. The van der Waals surface area contributed by atoms with Crippen molar-refractivity contribution >= 4 is 17.5 Å². The lowest BCUT2D eigenvalue weighted by atomic mass is 9.85. The highest BCUT2D eigenvalue weighted by atomic mass is 16.6. The number of carbonyl (C=O) groups excluding carboxylic acids is 3. The molecule has 4 atom stereocenters. The summed E-state index contributed by atoms with van der Waals surface area (Å²) in [4.78, 5) is 39.1. The Kier molecular flexibility index (Phi) is 5.94. The lowest BCUT2D eigenvalue weighted by molar-refractivity contribution is -0.160. The van der Waals surface area contributed by atoms with Crippen molar-refractivity contribution in [2.75, 3.05) is 7.11 Å². The third-order valence-corrected chi connectivity index (χ3v) is 5.47. The summed E-state index contributed by atoms with van der Waals surface area (Å²) in [6.45, 7) is 3.36. The molecule has 0 unspecified atom stereocenters. The maximum atomic E-state index is 13.1. The van der Waals surface area contributed by atoms with Gasteiger partial charge in [0, 0.05) is 24.7 Å². The molecule has 1 aromatic carbocycles. The lowest BCUT2D eigenvalue weighted by Crippen LogP contribution is -2.60. The normalized spacial score (nSPS) is 29.6. The van der Waals surface area contributed by atoms with Gasteiger partial charge in [0.2, 0.25) is 17.3 Å². The fourth-order valence-corrected chi connectivity index (χ4v) is 3.78. The van der Waals surface area contributed by atoms with Crippen molar-refractivity contribution in [2.45, 2.75) is 50.2 Å². The number of allylic oxidation sites excluding steroid dienone is 1. The molecule has 0 bridgehead atoms. The minimum Gasteiger partial charge on any atom is -0.470 e. The monoisotopic (exact) mass is 415 g/mol. The van der Waals surface area contributed by atoms with Gasteiger partial charge in [-0.15, -0.1) is 0 Å². The molecule has 30 heavy (non-hydrogen) atoms. The first kappa shape index (κ1) is 21.9. The molecule has 0 aromatic heterocycles. The number of rotatable bonds is 7. The molecular weight excluding hydrogens is 390 g/mol. The largest absolute Gasteiger partial charge is 0.470 e. The van der Waals surface area contributed by atoms with E-state index in [0.29, 0.717) is 0 Å². The van der Waals surface area contributed by atoms with Gasteiger partial charge in [-0.1, -0.05) is 49.4 Å². The van der Waals surface area contributed by atoms with Crippen molar-refractivity contribution in [1.29, 1.82) is 0 Å². The smallest absolute Gasteiger partial charge is 0.278 e. The number of ketones is 2. The van der Waals surface area contributed by atoms with Crippen LogP contribution in [-0.4, -0.2) is 58.3 Å². The summed E-state index contributed by atoms with van der Waals surface area (Å²) in [5, 5.41) is 23.6. The Morgan fingerprint density at radius 1 is 1.33 bits per heavy atom. The number of amides is 1. The fourth-order valence-electron chi connectivity index (χ4n) is 3.78. The van der Waals surface area contributed by atoms with Crippen molar-refractivity contribution < 1.29 is 34.1 Å². The molecule has 1 spiro atoms. The van der Waals surface area contributed by atoms with Gasteiger partial charge < -0.3 is 25.0 Å². The molecule has 0 saturated carbocycles. The van der Waals surface area contributed by atoms with E-state index in [9.17, 15) is 24.6 Å². The summed E-state index contributed by atoms with van der Waals surface area (Å²) in [5.41, 5.74) is -4.25. The topological polar surface area (TPSA) is 122 Å². The highest BCUT2D eigenvalue weighted by Crippen LogP contribution is 2.44. The fraction of sp³-hybridized carbons (Fsp3) is 0.409. The molecule has 0 radical (unpaired) electrons. The van der Waals surface area contributed by atoms with Crippen LogP contribution in [0.4, 0.5) is 0 Å². The van der Waals surface area contributed by atoms with Crippen molar-refractivity contribution in [3.8, 4) is 0 Å². The van der Waals surface area contributed by atoms with Crippen molar-refractivity contribution in [3.05, 3.63) is 59.4 Å². The summed E-state index contributed by atoms with van der Waals surface area (Å²) in [6, 6.07) is 7.98. The van der Waals surface area contributed by atoms with Crippen LogP contribution in [0.15, 0.2) is 53.8 Å². The van der Waals surface area contributed by atoms with E-state index in [1.807, 2.05) is 6.92 Å². The standard InChI is InChI=1S/C22H25NO7/c1-4-5-11-15(24)12-16-13(2)17(25)21(30-16)19(27)22(29-3,23-20(21)28)18(26)14-9-7-6-8-10-14/h5-11,15,19,24,27H,4,12H2,1-3H3,(H,23,28)/b11-5-/t15-,19+,21+,22+/m0/s1. The number of carbonyl (C=O) groups is 3.